The normalized spacial score (nSPS) is 10.2. The summed E-state index contributed by atoms with van der Waals surface area (Å²) in [7, 11) is 1.59. The summed E-state index contributed by atoms with van der Waals surface area (Å²) in [6.45, 7) is 3.53. The maximum absolute atomic E-state index is 11.7. The van der Waals surface area contributed by atoms with E-state index in [9.17, 15) is 4.79 Å². The Hall–Kier alpha value is -1.75. The first-order valence-electron chi connectivity index (χ1n) is 7.47. The van der Waals surface area contributed by atoms with Crippen molar-refractivity contribution in [3.8, 4) is 11.5 Å². The van der Waals surface area contributed by atoms with Gasteiger partial charge in [-0.15, -0.1) is 0 Å². The van der Waals surface area contributed by atoms with Gasteiger partial charge in [0.2, 0.25) is 5.91 Å². The monoisotopic (exact) mass is 294 g/mol. The van der Waals surface area contributed by atoms with Gasteiger partial charge in [0.15, 0.2) is 11.5 Å². The zero-order chi connectivity index (χ0) is 15.5. The molecule has 0 heterocycles. The van der Waals surface area contributed by atoms with Crippen molar-refractivity contribution in [3.63, 3.8) is 0 Å². The Balaban J connectivity index is 2.50. The van der Waals surface area contributed by atoms with E-state index in [1.165, 1.54) is 0 Å². The van der Waals surface area contributed by atoms with Gasteiger partial charge >= 0.3 is 0 Å². The van der Waals surface area contributed by atoms with Gasteiger partial charge in [-0.05, 0) is 24.1 Å². The van der Waals surface area contributed by atoms with E-state index in [0.29, 0.717) is 37.6 Å². The van der Waals surface area contributed by atoms with Crippen molar-refractivity contribution < 1.29 is 14.3 Å². The third-order valence-electron chi connectivity index (χ3n) is 3.10. The number of amides is 1. The molecule has 5 nitrogen and oxygen atoms in total. The van der Waals surface area contributed by atoms with Gasteiger partial charge in [-0.25, -0.2) is 0 Å². The molecule has 0 radical (unpaired) electrons. The summed E-state index contributed by atoms with van der Waals surface area (Å²) in [6, 6.07) is 5.63. The first kappa shape index (κ1) is 17.3. The van der Waals surface area contributed by atoms with Gasteiger partial charge in [0.25, 0.3) is 0 Å². The summed E-state index contributed by atoms with van der Waals surface area (Å²) in [4.78, 5) is 11.7. The number of methoxy groups -OCH3 is 1. The number of benzene rings is 1. The fraction of sp³-hybridized carbons (Fsp3) is 0.562. The molecule has 5 heteroatoms. The minimum absolute atomic E-state index is 0.0888. The van der Waals surface area contributed by atoms with Gasteiger partial charge in [-0.1, -0.05) is 25.8 Å². The summed E-state index contributed by atoms with van der Waals surface area (Å²) in [5.74, 6) is 1.41. The Kier molecular flexibility index (Phi) is 8.28. The first-order valence-corrected chi connectivity index (χ1v) is 7.47. The second-order valence-corrected chi connectivity index (χ2v) is 4.86. The molecule has 0 unspecified atom stereocenters. The number of carbonyl (C=O) groups excluding carboxylic acids is 1. The van der Waals surface area contributed by atoms with Crippen LogP contribution in [0.4, 0.5) is 0 Å². The molecule has 0 aliphatic rings. The molecule has 1 amide bonds. The second kappa shape index (κ2) is 10.0. The molecule has 3 N–H and O–H groups in total. The van der Waals surface area contributed by atoms with E-state index in [0.717, 1.165) is 24.8 Å². The van der Waals surface area contributed by atoms with Crippen LogP contribution in [0.2, 0.25) is 0 Å². The van der Waals surface area contributed by atoms with Crippen LogP contribution in [0.1, 0.15) is 38.2 Å². The van der Waals surface area contributed by atoms with Crippen LogP contribution in [0.3, 0.4) is 0 Å². The largest absolute Gasteiger partial charge is 0.493 e. The number of unbranched alkanes of at least 4 members (excludes halogenated alkanes) is 2. The summed E-state index contributed by atoms with van der Waals surface area (Å²) >= 11 is 0. The minimum Gasteiger partial charge on any atom is -0.493 e. The van der Waals surface area contributed by atoms with Crippen molar-refractivity contribution >= 4 is 5.91 Å². The average Bonchev–Trinajstić information content (AvgIpc) is 2.51. The summed E-state index contributed by atoms with van der Waals surface area (Å²) in [5.41, 5.74) is 6.40. The van der Waals surface area contributed by atoms with Gasteiger partial charge in [-0.2, -0.15) is 0 Å². The van der Waals surface area contributed by atoms with Crippen LogP contribution in [0, 0.1) is 0 Å². The van der Waals surface area contributed by atoms with Gasteiger partial charge in [0, 0.05) is 19.5 Å². The van der Waals surface area contributed by atoms with E-state index in [-0.39, 0.29) is 5.91 Å². The zero-order valence-electron chi connectivity index (χ0n) is 13.0. The van der Waals surface area contributed by atoms with E-state index >= 15 is 0 Å². The molecule has 1 aromatic carbocycles. The predicted molar refractivity (Wildman–Crippen MR) is 83.5 cm³/mol. The van der Waals surface area contributed by atoms with Crippen molar-refractivity contribution in [1.82, 2.24) is 5.32 Å². The number of nitrogens with one attached hydrogen (secondary N) is 1. The van der Waals surface area contributed by atoms with Crippen molar-refractivity contribution in [1.29, 1.82) is 0 Å². The van der Waals surface area contributed by atoms with E-state index in [1.54, 1.807) is 7.11 Å². The lowest BCUT2D eigenvalue weighted by atomic mass is 10.1. The third-order valence-corrected chi connectivity index (χ3v) is 3.10. The Morgan fingerprint density at radius 2 is 2.10 bits per heavy atom. The molecule has 118 valence electrons. The zero-order valence-corrected chi connectivity index (χ0v) is 13.0. The van der Waals surface area contributed by atoms with Gasteiger partial charge in [0.1, 0.15) is 6.61 Å². The molecule has 1 rings (SSSR count). The van der Waals surface area contributed by atoms with E-state index in [4.69, 9.17) is 15.2 Å². The highest BCUT2D eigenvalue weighted by molar-refractivity contribution is 5.75. The minimum atomic E-state index is 0.0888. The quantitative estimate of drug-likeness (QED) is 0.649. The van der Waals surface area contributed by atoms with Crippen LogP contribution in [0.5, 0.6) is 11.5 Å². The average molecular weight is 294 g/mol. The second-order valence-electron chi connectivity index (χ2n) is 4.86. The van der Waals surface area contributed by atoms with Crippen molar-refractivity contribution in [2.24, 2.45) is 5.73 Å². The molecule has 0 bridgehead atoms. The molecule has 0 atom stereocenters. The lowest BCUT2D eigenvalue weighted by molar-refractivity contribution is -0.121. The molecule has 0 spiro atoms. The molecule has 0 saturated carbocycles. The smallest absolute Gasteiger partial charge is 0.220 e. The van der Waals surface area contributed by atoms with E-state index in [1.807, 2.05) is 18.2 Å². The van der Waals surface area contributed by atoms with Gasteiger partial charge in [-0.3, -0.25) is 4.79 Å². The van der Waals surface area contributed by atoms with Crippen LogP contribution < -0.4 is 20.5 Å². The highest BCUT2D eigenvalue weighted by Gasteiger charge is 2.07. The fourth-order valence-corrected chi connectivity index (χ4v) is 1.93. The van der Waals surface area contributed by atoms with Crippen LogP contribution >= 0.6 is 0 Å². The highest BCUT2D eigenvalue weighted by Crippen LogP contribution is 2.27. The van der Waals surface area contributed by atoms with Gasteiger partial charge in [0.05, 0.1) is 7.11 Å². The number of carbonyl (C=O) groups is 1. The molecular weight excluding hydrogens is 268 g/mol. The summed E-state index contributed by atoms with van der Waals surface area (Å²) in [5, 5.41) is 2.92. The molecular formula is C16H26N2O3. The third kappa shape index (κ3) is 6.49. The SMILES string of the molecule is CCCCCC(=O)NCc1ccc(OCCN)c(OC)c1. The first-order chi connectivity index (χ1) is 10.2. The number of hydrogen-bond donors (Lipinski definition) is 2. The topological polar surface area (TPSA) is 73.6 Å². The van der Waals surface area contributed by atoms with E-state index < -0.39 is 0 Å². The molecule has 0 saturated heterocycles. The molecule has 0 aliphatic heterocycles. The van der Waals surface area contributed by atoms with Crippen LogP contribution in [0.25, 0.3) is 0 Å². The Morgan fingerprint density at radius 1 is 1.29 bits per heavy atom. The number of ether oxygens (including phenoxy) is 2. The van der Waals surface area contributed by atoms with Crippen LogP contribution in [-0.2, 0) is 11.3 Å². The Morgan fingerprint density at radius 3 is 2.76 bits per heavy atom. The van der Waals surface area contributed by atoms with Crippen molar-refractivity contribution in [2.75, 3.05) is 20.3 Å². The van der Waals surface area contributed by atoms with Gasteiger partial charge < -0.3 is 20.5 Å². The van der Waals surface area contributed by atoms with Crippen LogP contribution in [0.15, 0.2) is 18.2 Å². The lowest BCUT2D eigenvalue weighted by Gasteiger charge is -2.12. The lowest BCUT2D eigenvalue weighted by Crippen LogP contribution is -2.22. The molecule has 21 heavy (non-hydrogen) atoms. The Bertz CT molecular complexity index is 436. The Labute approximate surface area is 126 Å². The van der Waals surface area contributed by atoms with Crippen molar-refractivity contribution in [3.05, 3.63) is 23.8 Å². The summed E-state index contributed by atoms with van der Waals surface area (Å²) < 4.78 is 10.8. The van der Waals surface area contributed by atoms with Crippen molar-refractivity contribution in [2.45, 2.75) is 39.2 Å². The molecule has 0 aliphatic carbocycles. The van der Waals surface area contributed by atoms with Crippen LogP contribution in [-0.4, -0.2) is 26.2 Å². The molecule has 1 aromatic rings. The molecule has 0 aromatic heterocycles. The predicted octanol–water partition coefficient (Wildman–Crippen LogP) is 2.23. The standard InChI is InChI=1S/C16H26N2O3/c1-3-4-5-6-16(19)18-12-13-7-8-14(21-10-9-17)15(11-13)20-2/h7-8,11H,3-6,9-10,12,17H2,1-2H3,(H,18,19). The van der Waals surface area contributed by atoms with E-state index in [2.05, 4.69) is 12.2 Å². The number of rotatable bonds is 10. The fourth-order valence-electron chi connectivity index (χ4n) is 1.93. The maximum Gasteiger partial charge on any atom is 0.220 e. The maximum atomic E-state index is 11.7. The number of hydrogen-bond acceptors (Lipinski definition) is 4. The summed E-state index contributed by atoms with van der Waals surface area (Å²) in [6.07, 6.45) is 3.74. The molecule has 0 fully saturated rings. The number of nitrogens with two attached hydrogens (primary N) is 1. The highest BCUT2D eigenvalue weighted by atomic mass is 16.5.